The number of ether oxygens (including phenoxy) is 1. The average molecular weight is 480 g/mol. The predicted molar refractivity (Wildman–Crippen MR) is 124 cm³/mol. The molecule has 11 heteroatoms. The summed E-state index contributed by atoms with van der Waals surface area (Å²) in [6.07, 6.45) is 6.50. The SMILES string of the molecule is CCOC(=O)c1csc(CCNC(=O)c2ccc(-n3cc(NC(=O)c4ccoc4)cn3)cc2)n1. The Bertz CT molecular complexity index is 1280. The first-order chi connectivity index (χ1) is 16.5. The predicted octanol–water partition coefficient (Wildman–Crippen LogP) is 3.32. The number of carbonyl (C=O) groups is 3. The van der Waals surface area contributed by atoms with E-state index in [-0.39, 0.29) is 17.5 Å². The second-order valence-corrected chi connectivity index (χ2v) is 7.98. The second kappa shape index (κ2) is 10.6. The van der Waals surface area contributed by atoms with Crippen LogP contribution in [-0.4, -0.2) is 45.7 Å². The van der Waals surface area contributed by atoms with Crippen LogP contribution in [0, 0.1) is 0 Å². The molecule has 1 aromatic carbocycles. The van der Waals surface area contributed by atoms with E-state index in [2.05, 4.69) is 20.7 Å². The van der Waals surface area contributed by atoms with Crippen LogP contribution >= 0.6 is 11.3 Å². The molecule has 10 nitrogen and oxygen atoms in total. The van der Waals surface area contributed by atoms with Crippen LogP contribution in [0.3, 0.4) is 0 Å². The second-order valence-electron chi connectivity index (χ2n) is 7.04. The molecule has 4 rings (SSSR count). The largest absolute Gasteiger partial charge is 0.472 e. The van der Waals surface area contributed by atoms with Gasteiger partial charge in [-0.15, -0.1) is 11.3 Å². The van der Waals surface area contributed by atoms with Gasteiger partial charge in [0.05, 0.1) is 47.2 Å². The highest BCUT2D eigenvalue weighted by atomic mass is 32.1. The zero-order chi connectivity index (χ0) is 23.9. The van der Waals surface area contributed by atoms with Gasteiger partial charge in [-0.3, -0.25) is 9.59 Å². The van der Waals surface area contributed by atoms with E-state index in [9.17, 15) is 14.4 Å². The molecule has 2 N–H and O–H groups in total. The highest BCUT2D eigenvalue weighted by Gasteiger charge is 2.13. The first-order valence-corrected chi connectivity index (χ1v) is 11.3. The summed E-state index contributed by atoms with van der Waals surface area (Å²) in [5, 5.41) is 12.2. The van der Waals surface area contributed by atoms with Crippen molar-refractivity contribution in [3.63, 3.8) is 0 Å². The molecule has 0 aliphatic heterocycles. The van der Waals surface area contributed by atoms with Crippen molar-refractivity contribution in [3.05, 3.63) is 82.5 Å². The molecule has 3 heterocycles. The summed E-state index contributed by atoms with van der Waals surface area (Å²) in [6.45, 7) is 2.42. The summed E-state index contributed by atoms with van der Waals surface area (Å²) in [5.74, 6) is -0.962. The highest BCUT2D eigenvalue weighted by Crippen LogP contribution is 2.15. The number of hydrogen-bond acceptors (Lipinski definition) is 8. The van der Waals surface area contributed by atoms with Crippen molar-refractivity contribution in [3.8, 4) is 5.69 Å². The molecular weight excluding hydrogens is 458 g/mol. The van der Waals surface area contributed by atoms with Gasteiger partial charge in [0.2, 0.25) is 0 Å². The maximum absolute atomic E-state index is 12.4. The molecule has 0 radical (unpaired) electrons. The van der Waals surface area contributed by atoms with Gasteiger partial charge in [-0.1, -0.05) is 0 Å². The fourth-order valence-corrected chi connectivity index (χ4v) is 3.77. The minimum absolute atomic E-state index is 0.220. The number of hydrogen-bond donors (Lipinski definition) is 2. The third-order valence-electron chi connectivity index (χ3n) is 4.68. The molecule has 4 aromatic rings. The minimum Gasteiger partial charge on any atom is -0.472 e. The maximum Gasteiger partial charge on any atom is 0.357 e. The Labute approximate surface area is 198 Å². The van der Waals surface area contributed by atoms with Gasteiger partial charge < -0.3 is 19.8 Å². The van der Waals surface area contributed by atoms with Crippen LogP contribution in [0.5, 0.6) is 0 Å². The van der Waals surface area contributed by atoms with Gasteiger partial charge >= 0.3 is 5.97 Å². The van der Waals surface area contributed by atoms with Crippen LogP contribution in [0.4, 0.5) is 5.69 Å². The molecule has 0 fully saturated rings. The van der Waals surface area contributed by atoms with Crippen LogP contribution < -0.4 is 10.6 Å². The fourth-order valence-electron chi connectivity index (χ4n) is 3.00. The number of furan rings is 1. The number of nitrogens with zero attached hydrogens (tertiary/aromatic N) is 3. The zero-order valence-electron chi connectivity index (χ0n) is 18.2. The molecule has 0 aliphatic carbocycles. The van der Waals surface area contributed by atoms with Crippen molar-refractivity contribution in [1.29, 1.82) is 0 Å². The Morgan fingerprint density at radius 1 is 1.12 bits per heavy atom. The first kappa shape index (κ1) is 22.9. The van der Waals surface area contributed by atoms with E-state index in [1.54, 1.807) is 53.5 Å². The van der Waals surface area contributed by atoms with Crippen LogP contribution in [0.25, 0.3) is 5.69 Å². The number of aromatic nitrogens is 3. The van der Waals surface area contributed by atoms with Crippen molar-refractivity contribution in [2.75, 3.05) is 18.5 Å². The lowest BCUT2D eigenvalue weighted by Crippen LogP contribution is -2.25. The van der Waals surface area contributed by atoms with Crippen molar-refractivity contribution in [1.82, 2.24) is 20.1 Å². The topological polar surface area (TPSA) is 128 Å². The summed E-state index contributed by atoms with van der Waals surface area (Å²) in [7, 11) is 0. The number of amides is 2. The molecule has 0 saturated heterocycles. The van der Waals surface area contributed by atoms with Crippen molar-refractivity contribution >= 4 is 34.8 Å². The van der Waals surface area contributed by atoms with Gasteiger partial charge in [-0.2, -0.15) is 5.10 Å². The number of esters is 1. The van der Waals surface area contributed by atoms with Gasteiger partial charge in [0.1, 0.15) is 6.26 Å². The smallest absolute Gasteiger partial charge is 0.357 e. The third kappa shape index (κ3) is 5.56. The van der Waals surface area contributed by atoms with E-state index in [4.69, 9.17) is 9.15 Å². The monoisotopic (exact) mass is 479 g/mol. The fraction of sp³-hybridized carbons (Fsp3) is 0.174. The number of thiazole rings is 1. The van der Waals surface area contributed by atoms with E-state index in [0.717, 1.165) is 10.7 Å². The Hall–Kier alpha value is -4.25. The zero-order valence-corrected chi connectivity index (χ0v) is 19.0. The summed E-state index contributed by atoms with van der Waals surface area (Å²) < 4.78 is 11.4. The van der Waals surface area contributed by atoms with Crippen LogP contribution in [0.1, 0.15) is 43.1 Å². The lowest BCUT2D eigenvalue weighted by Gasteiger charge is -2.06. The molecule has 0 atom stereocenters. The Kier molecular flexibility index (Phi) is 7.13. The molecule has 0 aliphatic rings. The molecule has 0 spiro atoms. The van der Waals surface area contributed by atoms with E-state index < -0.39 is 5.97 Å². The lowest BCUT2D eigenvalue weighted by atomic mass is 10.2. The molecule has 0 bridgehead atoms. The summed E-state index contributed by atoms with van der Waals surface area (Å²) in [4.78, 5) is 40.4. The van der Waals surface area contributed by atoms with E-state index in [1.165, 1.54) is 30.1 Å². The van der Waals surface area contributed by atoms with Gasteiger partial charge in [-0.05, 0) is 37.3 Å². The Balaban J connectivity index is 1.29. The number of benzene rings is 1. The third-order valence-corrected chi connectivity index (χ3v) is 5.59. The molecule has 0 saturated carbocycles. The van der Waals surface area contributed by atoms with Crippen molar-refractivity contribution in [2.45, 2.75) is 13.3 Å². The molecule has 174 valence electrons. The number of carbonyl (C=O) groups excluding carboxylic acids is 3. The quantitative estimate of drug-likeness (QED) is 0.352. The average Bonchev–Trinajstić information content (AvgIpc) is 3.61. The summed E-state index contributed by atoms with van der Waals surface area (Å²) in [5.41, 5.74) is 2.45. The first-order valence-electron chi connectivity index (χ1n) is 10.4. The number of nitrogens with one attached hydrogen (secondary N) is 2. The lowest BCUT2D eigenvalue weighted by molar-refractivity contribution is 0.0520. The van der Waals surface area contributed by atoms with Crippen LogP contribution in [0.2, 0.25) is 0 Å². The van der Waals surface area contributed by atoms with Crippen LogP contribution in [0.15, 0.2) is 65.0 Å². The standard InChI is InChI=1S/C23H21N5O5S/c1-2-33-23(31)19-14-34-20(27-19)7-9-24-21(29)15-3-5-18(6-4-15)28-12-17(11-25-28)26-22(30)16-8-10-32-13-16/h3-6,8,10-14H,2,7,9H2,1H3,(H,24,29)(H,26,30). The van der Waals surface area contributed by atoms with Gasteiger partial charge in [0, 0.05) is 23.9 Å². The minimum atomic E-state index is -0.446. The Morgan fingerprint density at radius 3 is 2.68 bits per heavy atom. The normalized spacial score (nSPS) is 10.6. The summed E-state index contributed by atoms with van der Waals surface area (Å²) in [6, 6.07) is 8.48. The van der Waals surface area contributed by atoms with E-state index in [0.29, 0.717) is 36.4 Å². The van der Waals surface area contributed by atoms with Crippen molar-refractivity contribution < 1.29 is 23.5 Å². The van der Waals surface area contributed by atoms with Gasteiger partial charge in [0.25, 0.3) is 11.8 Å². The molecule has 34 heavy (non-hydrogen) atoms. The van der Waals surface area contributed by atoms with Crippen molar-refractivity contribution in [2.24, 2.45) is 0 Å². The molecular formula is C23H21N5O5S. The number of anilines is 1. The highest BCUT2D eigenvalue weighted by molar-refractivity contribution is 7.09. The van der Waals surface area contributed by atoms with Gasteiger partial charge in [-0.25, -0.2) is 14.5 Å². The summed E-state index contributed by atoms with van der Waals surface area (Å²) >= 11 is 1.35. The number of rotatable bonds is 9. The molecule has 0 unspecified atom stereocenters. The maximum atomic E-state index is 12.4. The van der Waals surface area contributed by atoms with Crippen LogP contribution in [-0.2, 0) is 11.2 Å². The molecule has 2 amide bonds. The van der Waals surface area contributed by atoms with Gasteiger partial charge in [0.15, 0.2) is 5.69 Å². The molecule has 3 aromatic heterocycles. The Morgan fingerprint density at radius 2 is 1.94 bits per heavy atom. The van der Waals surface area contributed by atoms with E-state index >= 15 is 0 Å². The van der Waals surface area contributed by atoms with E-state index in [1.807, 2.05) is 0 Å².